The molecule has 1 aromatic rings. The molecule has 2 rings (SSSR count). The molecule has 1 aliphatic rings. The number of anilines is 1. The van der Waals surface area contributed by atoms with Crippen molar-refractivity contribution in [2.45, 2.75) is 19.8 Å². The van der Waals surface area contributed by atoms with Crippen LogP contribution in [0.15, 0.2) is 24.3 Å². The second-order valence-corrected chi connectivity index (χ2v) is 5.40. The topological polar surface area (TPSA) is 52.7 Å². The molecule has 0 saturated carbocycles. The number of likely N-dealkylation sites (N-methyl/N-ethyl adjacent to an activating group) is 1. The molecule has 0 radical (unpaired) electrons. The van der Waals surface area contributed by atoms with Gasteiger partial charge in [0.2, 0.25) is 5.91 Å². The van der Waals surface area contributed by atoms with Gasteiger partial charge in [-0.3, -0.25) is 9.59 Å². The van der Waals surface area contributed by atoms with Gasteiger partial charge in [0.15, 0.2) is 0 Å². The van der Waals surface area contributed by atoms with Gasteiger partial charge in [0.1, 0.15) is 6.54 Å². The lowest BCUT2D eigenvalue weighted by molar-refractivity contribution is -0.129. The van der Waals surface area contributed by atoms with E-state index in [1.807, 2.05) is 24.3 Å². The molecule has 21 heavy (non-hydrogen) atoms. The van der Waals surface area contributed by atoms with Gasteiger partial charge in [0, 0.05) is 37.9 Å². The Labute approximate surface area is 125 Å². The average Bonchev–Trinajstić information content (AvgIpc) is 2.67. The summed E-state index contributed by atoms with van der Waals surface area (Å²) >= 11 is 0. The fraction of sp³-hybridized carbons (Fsp3) is 0.500. The summed E-state index contributed by atoms with van der Waals surface area (Å²) in [6.07, 6.45) is 1.88. The molecule has 0 unspecified atom stereocenters. The van der Waals surface area contributed by atoms with E-state index in [0.29, 0.717) is 18.7 Å². The van der Waals surface area contributed by atoms with Gasteiger partial charge in [-0.15, -0.1) is 0 Å². The average molecular weight is 289 g/mol. The lowest BCUT2D eigenvalue weighted by atomic mass is 10.1. The highest BCUT2D eigenvalue weighted by Crippen LogP contribution is 2.13. The van der Waals surface area contributed by atoms with Crippen LogP contribution in [-0.2, 0) is 4.79 Å². The Bertz CT molecular complexity index is 499. The summed E-state index contributed by atoms with van der Waals surface area (Å²) in [6, 6.07) is 7.46. The van der Waals surface area contributed by atoms with Crippen molar-refractivity contribution in [2.75, 3.05) is 38.5 Å². The number of amides is 2. The zero-order chi connectivity index (χ0) is 15.2. The first-order valence-electron chi connectivity index (χ1n) is 7.49. The number of nitrogens with zero attached hydrogens (tertiary/aromatic N) is 2. The number of hydrogen-bond acceptors (Lipinski definition) is 3. The van der Waals surface area contributed by atoms with Crippen molar-refractivity contribution in [3.63, 3.8) is 0 Å². The van der Waals surface area contributed by atoms with Crippen molar-refractivity contribution >= 4 is 17.5 Å². The summed E-state index contributed by atoms with van der Waals surface area (Å²) in [5, 5.41) is 3.28. The normalized spacial score (nSPS) is 15.8. The third kappa shape index (κ3) is 3.97. The molecular formula is C16H23N3O2. The number of hydrogen-bond donors (Lipinski definition) is 1. The first-order valence-corrected chi connectivity index (χ1v) is 7.49. The largest absolute Gasteiger partial charge is 0.385 e. The van der Waals surface area contributed by atoms with Gasteiger partial charge in [-0.05, 0) is 37.1 Å². The van der Waals surface area contributed by atoms with Crippen LogP contribution in [0.25, 0.3) is 0 Å². The van der Waals surface area contributed by atoms with Gasteiger partial charge in [-0.1, -0.05) is 6.92 Å². The Morgan fingerprint density at radius 2 is 1.95 bits per heavy atom. The zero-order valence-corrected chi connectivity index (χ0v) is 12.8. The Balaban J connectivity index is 2.03. The Hall–Kier alpha value is -2.04. The van der Waals surface area contributed by atoms with Gasteiger partial charge in [0.05, 0.1) is 0 Å². The lowest BCUT2D eigenvalue weighted by Gasteiger charge is -2.20. The Kier molecular flexibility index (Phi) is 5.20. The molecule has 114 valence electrons. The molecule has 1 aromatic carbocycles. The van der Waals surface area contributed by atoms with Crippen LogP contribution in [0.2, 0.25) is 0 Å². The number of nitrogens with one attached hydrogen (secondary N) is 1. The lowest BCUT2D eigenvalue weighted by Crippen LogP contribution is -2.38. The first-order chi connectivity index (χ1) is 10.1. The quantitative estimate of drug-likeness (QED) is 0.920. The number of rotatable bonds is 4. The van der Waals surface area contributed by atoms with Crippen molar-refractivity contribution in [3.8, 4) is 0 Å². The standard InChI is InChI=1S/C16H23N3O2/c1-3-9-17-14-7-5-13(6-8-14)16(21)19-11-4-10-18(2)15(20)12-19/h5-8,17H,3-4,9-12H2,1-2H3. The van der Waals surface area contributed by atoms with E-state index in [2.05, 4.69) is 12.2 Å². The first kappa shape index (κ1) is 15.4. The summed E-state index contributed by atoms with van der Waals surface area (Å²) < 4.78 is 0. The molecular weight excluding hydrogens is 266 g/mol. The molecule has 0 aromatic heterocycles. The maximum atomic E-state index is 12.5. The van der Waals surface area contributed by atoms with Crippen LogP contribution < -0.4 is 5.32 Å². The SMILES string of the molecule is CCCNc1ccc(C(=O)N2CCCN(C)C(=O)C2)cc1. The Morgan fingerprint density at radius 1 is 1.24 bits per heavy atom. The minimum atomic E-state index is -0.0688. The number of carbonyl (C=O) groups is 2. The van der Waals surface area contributed by atoms with E-state index in [4.69, 9.17) is 0 Å². The predicted molar refractivity (Wildman–Crippen MR) is 83.4 cm³/mol. The molecule has 1 saturated heterocycles. The molecule has 1 aliphatic heterocycles. The summed E-state index contributed by atoms with van der Waals surface area (Å²) in [5.41, 5.74) is 1.65. The van der Waals surface area contributed by atoms with Crippen LogP contribution in [0.4, 0.5) is 5.69 Å². The van der Waals surface area contributed by atoms with E-state index >= 15 is 0 Å². The van der Waals surface area contributed by atoms with Crippen LogP contribution in [0.3, 0.4) is 0 Å². The second kappa shape index (κ2) is 7.11. The maximum absolute atomic E-state index is 12.5. The van der Waals surface area contributed by atoms with Crippen LogP contribution in [-0.4, -0.2) is 54.8 Å². The van der Waals surface area contributed by atoms with Crippen molar-refractivity contribution < 1.29 is 9.59 Å². The van der Waals surface area contributed by atoms with Crippen molar-refractivity contribution in [2.24, 2.45) is 0 Å². The molecule has 0 atom stereocenters. The molecule has 2 amide bonds. The number of benzene rings is 1. The van der Waals surface area contributed by atoms with Crippen LogP contribution in [0, 0.1) is 0 Å². The minimum Gasteiger partial charge on any atom is -0.385 e. The maximum Gasteiger partial charge on any atom is 0.254 e. The van der Waals surface area contributed by atoms with Gasteiger partial charge in [0.25, 0.3) is 5.91 Å². The van der Waals surface area contributed by atoms with Gasteiger partial charge in [-0.2, -0.15) is 0 Å². The summed E-state index contributed by atoms with van der Waals surface area (Å²) in [5.74, 6) is -0.0669. The molecule has 0 spiro atoms. The van der Waals surface area contributed by atoms with Crippen LogP contribution >= 0.6 is 0 Å². The smallest absolute Gasteiger partial charge is 0.254 e. The molecule has 5 heteroatoms. The van der Waals surface area contributed by atoms with E-state index in [0.717, 1.165) is 25.1 Å². The van der Waals surface area contributed by atoms with Crippen molar-refractivity contribution in [1.29, 1.82) is 0 Å². The zero-order valence-electron chi connectivity index (χ0n) is 12.8. The fourth-order valence-electron chi connectivity index (χ4n) is 2.34. The fourth-order valence-corrected chi connectivity index (χ4v) is 2.34. The predicted octanol–water partition coefficient (Wildman–Crippen LogP) is 1.81. The third-order valence-electron chi connectivity index (χ3n) is 3.67. The van der Waals surface area contributed by atoms with Crippen molar-refractivity contribution in [3.05, 3.63) is 29.8 Å². The van der Waals surface area contributed by atoms with Gasteiger partial charge >= 0.3 is 0 Å². The molecule has 5 nitrogen and oxygen atoms in total. The van der Waals surface area contributed by atoms with E-state index in [1.165, 1.54) is 0 Å². The van der Waals surface area contributed by atoms with E-state index in [9.17, 15) is 9.59 Å². The molecule has 1 heterocycles. The molecule has 0 aliphatic carbocycles. The van der Waals surface area contributed by atoms with Gasteiger partial charge < -0.3 is 15.1 Å². The van der Waals surface area contributed by atoms with E-state index in [-0.39, 0.29) is 18.4 Å². The minimum absolute atomic E-state index is 0.00193. The summed E-state index contributed by atoms with van der Waals surface area (Å²) in [4.78, 5) is 27.6. The third-order valence-corrected chi connectivity index (χ3v) is 3.67. The highest BCUT2D eigenvalue weighted by molar-refractivity contribution is 5.96. The van der Waals surface area contributed by atoms with Crippen LogP contribution in [0.1, 0.15) is 30.1 Å². The highest BCUT2D eigenvalue weighted by Gasteiger charge is 2.23. The molecule has 1 N–H and O–H groups in total. The number of carbonyl (C=O) groups excluding carboxylic acids is 2. The van der Waals surface area contributed by atoms with Gasteiger partial charge in [-0.25, -0.2) is 0 Å². The van der Waals surface area contributed by atoms with Crippen LogP contribution in [0.5, 0.6) is 0 Å². The highest BCUT2D eigenvalue weighted by atomic mass is 16.2. The molecule has 1 fully saturated rings. The van der Waals surface area contributed by atoms with E-state index < -0.39 is 0 Å². The van der Waals surface area contributed by atoms with E-state index in [1.54, 1.807) is 16.8 Å². The molecule has 0 bridgehead atoms. The summed E-state index contributed by atoms with van der Waals surface area (Å²) in [7, 11) is 1.78. The second-order valence-electron chi connectivity index (χ2n) is 5.40. The Morgan fingerprint density at radius 3 is 2.62 bits per heavy atom. The monoisotopic (exact) mass is 289 g/mol. The summed E-state index contributed by atoms with van der Waals surface area (Å²) in [6.45, 7) is 4.54. The van der Waals surface area contributed by atoms with Crippen molar-refractivity contribution in [1.82, 2.24) is 9.80 Å².